The van der Waals surface area contributed by atoms with E-state index in [1.165, 1.54) is 17.4 Å². The third-order valence-corrected chi connectivity index (χ3v) is 6.04. The number of carbonyl (C=O) groups is 1. The molecule has 1 saturated carbocycles. The van der Waals surface area contributed by atoms with Crippen LogP contribution in [-0.2, 0) is 16.0 Å². The molecule has 1 aromatic heterocycles. The Bertz CT molecular complexity index is 819. The molecule has 1 aliphatic carbocycles. The van der Waals surface area contributed by atoms with Gasteiger partial charge in [-0.05, 0) is 37.3 Å². The molecular formula is C19H23ClFN3O2S. The third-order valence-electron chi connectivity index (χ3n) is 5.06. The van der Waals surface area contributed by atoms with Crippen molar-refractivity contribution >= 4 is 34.8 Å². The molecule has 2 heterocycles. The molecule has 4 rings (SSSR count). The number of amides is 1. The van der Waals surface area contributed by atoms with Gasteiger partial charge >= 0.3 is 0 Å². The fraction of sp³-hybridized carbons (Fsp3) is 0.474. The lowest BCUT2D eigenvalue weighted by Crippen LogP contribution is -2.54. The Morgan fingerprint density at radius 1 is 1.33 bits per heavy atom. The highest BCUT2D eigenvalue weighted by molar-refractivity contribution is 7.15. The summed E-state index contributed by atoms with van der Waals surface area (Å²) < 4.78 is 19.3. The van der Waals surface area contributed by atoms with Crippen molar-refractivity contribution in [1.29, 1.82) is 0 Å². The molecule has 2 aromatic rings. The third kappa shape index (κ3) is 4.48. The molecule has 2 aliphatic rings. The van der Waals surface area contributed by atoms with E-state index in [9.17, 15) is 9.18 Å². The van der Waals surface area contributed by atoms with Crippen LogP contribution in [0.1, 0.15) is 47.7 Å². The predicted octanol–water partition coefficient (Wildman–Crippen LogP) is 3.62. The number of hydrogen-bond acceptors (Lipinski definition) is 5. The minimum atomic E-state index is -0.907. The SMILES string of the molecule is Cl.NC1(C(=O)Nc2nc(C3CC3)c(Cc3ccccc3F)s2)CCOCC1. The van der Waals surface area contributed by atoms with Gasteiger partial charge < -0.3 is 15.8 Å². The average Bonchev–Trinajstić information content (AvgIpc) is 3.40. The molecule has 1 aliphatic heterocycles. The first kappa shape index (κ1) is 20.2. The van der Waals surface area contributed by atoms with Gasteiger partial charge in [-0.25, -0.2) is 9.37 Å². The Kier molecular flexibility index (Phi) is 6.15. The highest BCUT2D eigenvalue weighted by Gasteiger charge is 2.37. The second-order valence-corrected chi connectivity index (χ2v) is 8.18. The van der Waals surface area contributed by atoms with Crippen LogP contribution in [0.25, 0.3) is 0 Å². The number of nitrogens with one attached hydrogen (secondary N) is 1. The van der Waals surface area contributed by atoms with Crippen molar-refractivity contribution in [3.05, 3.63) is 46.2 Å². The lowest BCUT2D eigenvalue weighted by atomic mass is 9.90. The van der Waals surface area contributed by atoms with Crippen LogP contribution in [0, 0.1) is 5.82 Å². The van der Waals surface area contributed by atoms with Gasteiger partial charge in [0.2, 0.25) is 5.91 Å². The van der Waals surface area contributed by atoms with E-state index >= 15 is 0 Å². The number of aromatic nitrogens is 1. The van der Waals surface area contributed by atoms with Gasteiger partial charge in [0, 0.05) is 30.4 Å². The monoisotopic (exact) mass is 411 g/mol. The first-order valence-corrected chi connectivity index (χ1v) is 9.78. The summed E-state index contributed by atoms with van der Waals surface area (Å²) in [5.74, 6) is -0.000666. The summed E-state index contributed by atoms with van der Waals surface area (Å²) >= 11 is 1.43. The summed E-state index contributed by atoms with van der Waals surface area (Å²) in [5, 5.41) is 3.45. The van der Waals surface area contributed by atoms with Crippen LogP contribution in [0.5, 0.6) is 0 Å². The summed E-state index contributed by atoms with van der Waals surface area (Å²) in [6.45, 7) is 0.987. The maximum absolute atomic E-state index is 14.0. The fourth-order valence-corrected chi connectivity index (χ4v) is 4.28. The molecule has 5 nitrogen and oxygen atoms in total. The second kappa shape index (κ2) is 8.22. The van der Waals surface area contributed by atoms with Crippen LogP contribution in [0.15, 0.2) is 24.3 Å². The normalized spacial score (nSPS) is 18.6. The zero-order chi connectivity index (χ0) is 18.1. The van der Waals surface area contributed by atoms with Crippen LogP contribution >= 0.6 is 23.7 Å². The number of nitrogens with two attached hydrogens (primary N) is 1. The van der Waals surface area contributed by atoms with E-state index in [0.29, 0.717) is 49.1 Å². The number of hydrogen-bond donors (Lipinski definition) is 2. The van der Waals surface area contributed by atoms with E-state index in [0.717, 1.165) is 23.4 Å². The van der Waals surface area contributed by atoms with Gasteiger partial charge in [0.05, 0.1) is 5.69 Å². The van der Waals surface area contributed by atoms with E-state index < -0.39 is 5.54 Å². The van der Waals surface area contributed by atoms with Crippen molar-refractivity contribution in [3.8, 4) is 0 Å². The van der Waals surface area contributed by atoms with Crippen LogP contribution < -0.4 is 11.1 Å². The molecule has 0 radical (unpaired) electrons. The van der Waals surface area contributed by atoms with Crippen LogP contribution in [-0.4, -0.2) is 29.6 Å². The fourth-order valence-electron chi connectivity index (χ4n) is 3.22. The molecule has 0 spiro atoms. The second-order valence-electron chi connectivity index (χ2n) is 7.09. The zero-order valence-corrected chi connectivity index (χ0v) is 16.5. The molecule has 3 N–H and O–H groups in total. The molecule has 0 unspecified atom stereocenters. The molecule has 0 bridgehead atoms. The minimum Gasteiger partial charge on any atom is -0.381 e. The first-order valence-electron chi connectivity index (χ1n) is 8.96. The summed E-state index contributed by atoms with van der Waals surface area (Å²) in [5.41, 5.74) is 6.98. The van der Waals surface area contributed by atoms with Gasteiger partial charge in [0.25, 0.3) is 0 Å². The zero-order valence-electron chi connectivity index (χ0n) is 14.9. The summed E-state index contributed by atoms with van der Waals surface area (Å²) in [6, 6.07) is 6.79. The average molecular weight is 412 g/mol. The van der Waals surface area contributed by atoms with Crippen LogP contribution in [0.2, 0.25) is 0 Å². The number of anilines is 1. The molecule has 1 aromatic carbocycles. The Morgan fingerprint density at radius 2 is 2.04 bits per heavy atom. The molecule has 1 saturated heterocycles. The van der Waals surface area contributed by atoms with Crippen LogP contribution in [0.3, 0.4) is 0 Å². The van der Waals surface area contributed by atoms with Gasteiger partial charge in [-0.1, -0.05) is 18.2 Å². The van der Waals surface area contributed by atoms with Crippen molar-refractivity contribution in [3.63, 3.8) is 0 Å². The largest absolute Gasteiger partial charge is 0.381 e. The van der Waals surface area contributed by atoms with E-state index in [2.05, 4.69) is 10.3 Å². The number of nitrogens with zero attached hydrogens (tertiary/aromatic N) is 1. The van der Waals surface area contributed by atoms with E-state index in [1.54, 1.807) is 12.1 Å². The number of carbonyl (C=O) groups excluding carboxylic acids is 1. The molecule has 146 valence electrons. The van der Waals surface area contributed by atoms with Crippen molar-refractivity contribution < 1.29 is 13.9 Å². The Labute approximate surface area is 167 Å². The number of ether oxygens (including phenoxy) is 1. The molecule has 0 atom stereocenters. The standard InChI is InChI=1S/C19H22FN3O2S.ClH/c20-14-4-2-1-3-13(14)11-15-16(12-5-6-12)22-18(26-15)23-17(24)19(21)7-9-25-10-8-19;/h1-4,12H,5-11,21H2,(H,22,23,24);1H. The molecule has 1 amide bonds. The van der Waals surface area contributed by atoms with Gasteiger partial charge in [-0.3, -0.25) is 4.79 Å². The van der Waals surface area contributed by atoms with Gasteiger partial charge in [0.15, 0.2) is 5.13 Å². The smallest absolute Gasteiger partial charge is 0.246 e. The first-order chi connectivity index (χ1) is 12.5. The van der Waals surface area contributed by atoms with Crippen molar-refractivity contribution in [1.82, 2.24) is 4.98 Å². The highest BCUT2D eigenvalue weighted by Crippen LogP contribution is 2.44. The van der Waals surface area contributed by atoms with Gasteiger partial charge in [-0.15, -0.1) is 23.7 Å². The summed E-state index contributed by atoms with van der Waals surface area (Å²) in [6.07, 6.45) is 3.69. The maximum Gasteiger partial charge on any atom is 0.246 e. The molecule has 8 heteroatoms. The topological polar surface area (TPSA) is 77.2 Å². The van der Waals surface area contributed by atoms with Crippen molar-refractivity contribution in [2.45, 2.75) is 43.6 Å². The molecule has 2 fully saturated rings. The van der Waals surface area contributed by atoms with E-state index in [1.807, 2.05) is 6.07 Å². The van der Waals surface area contributed by atoms with Gasteiger partial charge in [-0.2, -0.15) is 0 Å². The number of thiazole rings is 1. The van der Waals surface area contributed by atoms with Crippen molar-refractivity contribution in [2.75, 3.05) is 18.5 Å². The van der Waals surface area contributed by atoms with E-state index in [4.69, 9.17) is 10.5 Å². The quantitative estimate of drug-likeness (QED) is 0.787. The number of rotatable bonds is 5. The predicted molar refractivity (Wildman–Crippen MR) is 106 cm³/mol. The van der Waals surface area contributed by atoms with E-state index in [-0.39, 0.29) is 24.1 Å². The Morgan fingerprint density at radius 3 is 2.70 bits per heavy atom. The summed E-state index contributed by atoms with van der Waals surface area (Å²) in [7, 11) is 0. The lowest BCUT2D eigenvalue weighted by molar-refractivity contribution is -0.124. The Balaban J connectivity index is 0.00000210. The van der Waals surface area contributed by atoms with Gasteiger partial charge in [0.1, 0.15) is 11.4 Å². The van der Waals surface area contributed by atoms with Crippen LogP contribution in [0.4, 0.5) is 9.52 Å². The number of benzene rings is 1. The lowest BCUT2D eigenvalue weighted by Gasteiger charge is -2.31. The summed E-state index contributed by atoms with van der Waals surface area (Å²) in [4.78, 5) is 18.3. The molecular weight excluding hydrogens is 389 g/mol. The number of halogens is 2. The van der Waals surface area contributed by atoms with Crippen molar-refractivity contribution in [2.24, 2.45) is 5.73 Å². The molecule has 27 heavy (non-hydrogen) atoms. The minimum absolute atomic E-state index is 0. The highest BCUT2D eigenvalue weighted by atomic mass is 35.5. The maximum atomic E-state index is 14.0. The Hall–Kier alpha value is -1.54.